The zero-order valence-electron chi connectivity index (χ0n) is 8.98. The summed E-state index contributed by atoms with van der Waals surface area (Å²) in [6.07, 6.45) is 0.715. The van der Waals surface area contributed by atoms with Crippen LogP contribution in [0.1, 0.15) is 31.9 Å². The van der Waals surface area contributed by atoms with Crippen LogP contribution in [0.4, 0.5) is 0 Å². The topological polar surface area (TPSA) is 35.2 Å². The maximum absolute atomic E-state index is 6.21. The number of hydrogen-bond acceptors (Lipinski definition) is 2. The van der Waals surface area contributed by atoms with Crippen molar-refractivity contribution in [3.05, 3.63) is 26.1 Å². The molecule has 1 aromatic rings. The summed E-state index contributed by atoms with van der Waals surface area (Å²) in [7, 11) is 0. The van der Waals surface area contributed by atoms with Crippen molar-refractivity contribution in [2.75, 3.05) is 0 Å². The highest BCUT2D eigenvalue weighted by atomic mass is 79.9. The van der Waals surface area contributed by atoms with Gasteiger partial charge < -0.3 is 10.5 Å². The molecule has 0 saturated carbocycles. The zero-order valence-corrected chi connectivity index (χ0v) is 12.1. The van der Waals surface area contributed by atoms with Gasteiger partial charge in [0, 0.05) is 22.5 Å². The van der Waals surface area contributed by atoms with Gasteiger partial charge >= 0.3 is 0 Å². The van der Waals surface area contributed by atoms with Crippen molar-refractivity contribution in [3.8, 4) is 5.75 Å². The smallest absolute Gasteiger partial charge is 0.145 e. The van der Waals surface area contributed by atoms with Crippen LogP contribution >= 0.6 is 39.1 Å². The van der Waals surface area contributed by atoms with Crippen molar-refractivity contribution >= 4 is 39.1 Å². The van der Waals surface area contributed by atoms with E-state index >= 15 is 0 Å². The van der Waals surface area contributed by atoms with Gasteiger partial charge in [0.2, 0.25) is 0 Å². The Kier molecular flexibility index (Phi) is 3.17. The average molecular weight is 325 g/mol. The van der Waals surface area contributed by atoms with E-state index in [1.165, 1.54) is 0 Å². The van der Waals surface area contributed by atoms with Crippen molar-refractivity contribution in [1.29, 1.82) is 0 Å². The fourth-order valence-corrected chi connectivity index (χ4v) is 3.09. The highest BCUT2D eigenvalue weighted by molar-refractivity contribution is 9.10. The first-order valence-electron chi connectivity index (χ1n) is 4.94. The van der Waals surface area contributed by atoms with E-state index in [9.17, 15) is 0 Å². The zero-order chi connectivity index (χ0) is 12.1. The summed E-state index contributed by atoms with van der Waals surface area (Å²) in [4.78, 5) is 0. The van der Waals surface area contributed by atoms with Gasteiger partial charge in [-0.2, -0.15) is 0 Å². The molecule has 1 heterocycles. The number of halogens is 3. The number of rotatable bonds is 0. The molecule has 5 heteroatoms. The van der Waals surface area contributed by atoms with Crippen LogP contribution in [0.5, 0.6) is 5.75 Å². The standard InChI is InChI=1S/C11H12BrCl2NO/c1-11(2)4-7(15)8-9(14)5(12)3-6(13)10(8)16-11/h3,7H,4,15H2,1-2H3. The Bertz CT molecular complexity index is 448. The predicted octanol–water partition coefficient (Wildman–Crippen LogP) is 4.32. The van der Waals surface area contributed by atoms with Crippen molar-refractivity contribution in [3.63, 3.8) is 0 Å². The molecule has 1 aliphatic heterocycles. The van der Waals surface area contributed by atoms with Crippen LogP contribution in [-0.4, -0.2) is 5.60 Å². The second-order valence-corrected chi connectivity index (χ2v) is 6.21. The molecule has 2 N–H and O–H groups in total. The lowest BCUT2D eigenvalue weighted by Gasteiger charge is -2.37. The largest absolute Gasteiger partial charge is 0.486 e. The number of nitrogens with two attached hydrogens (primary N) is 1. The molecule has 1 atom stereocenters. The quantitative estimate of drug-likeness (QED) is 0.721. The third-order valence-corrected chi connectivity index (χ3v) is 4.16. The summed E-state index contributed by atoms with van der Waals surface area (Å²) in [5.74, 6) is 0.610. The number of hydrogen-bond donors (Lipinski definition) is 1. The third-order valence-electron chi connectivity index (χ3n) is 2.62. The second-order valence-electron chi connectivity index (χ2n) is 4.57. The van der Waals surface area contributed by atoms with Gasteiger partial charge in [0.1, 0.15) is 11.4 Å². The van der Waals surface area contributed by atoms with Gasteiger partial charge in [-0.1, -0.05) is 23.2 Å². The molecular weight excluding hydrogens is 313 g/mol. The predicted molar refractivity (Wildman–Crippen MR) is 70.4 cm³/mol. The van der Waals surface area contributed by atoms with Gasteiger partial charge in [-0.15, -0.1) is 0 Å². The Hall–Kier alpha value is 0.0400. The van der Waals surface area contributed by atoms with Crippen LogP contribution in [0.3, 0.4) is 0 Å². The van der Waals surface area contributed by atoms with Gasteiger partial charge in [0.05, 0.1) is 10.0 Å². The molecular formula is C11H12BrCl2NO. The van der Waals surface area contributed by atoms with Crippen molar-refractivity contribution in [2.24, 2.45) is 5.73 Å². The normalized spacial score (nSPS) is 22.5. The van der Waals surface area contributed by atoms with E-state index in [0.717, 1.165) is 10.0 Å². The maximum atomic E-state index is 6.21. The Morgan fingerprint density at radius 1 is 1.50 bits per heavy atom. The van der Waals surface area contributed by atoms with Crippen LogP contribution in [0.2, 0.25) is 10.0 Å². The molecule has 1 aromatic carbocycles. The molecule has 88 valence electrons. The lowest BCUT2D eigenvalue weighted by Crippen LogP contribution is -2.37. The van der Waals surface area contributed by atoms with Crippen LogP contribution in [-0.2, 0) is 0 Å². The first kappa shape index (κ1) is 12.5. The summed E-state index contributed by atoms with van der Waals surface area (Å²) in [5.41, 5.74) is 6.60. The lowest BCUT2D eigenvalue weighted by atomic mass is 9.90. The third kappa shape index (κ3) is 2.06. The highest BCUT2D eigenvalue weighted by Gasteiger charge is 2.35. The Morgan fingerprint density at radius 3 is 2.75 bits per heavy atom. The number of fused-ring (bicyclic) bond motifs is 1. The average Bonchev–Trinajstić information content (AvgIpc) is 2.12. The van der Waals surface area contributed by atoms with Crippen molar-refractivity contribution in [2.45, 2.75) is 31.9 Å². The van der Waals surface area contributed by atoms with E-state index in [-0.39, 0.29) is 11.6 Å². The molecule has 0 bridgehead atoms. The summed E-state index contributed by atoms with van der Waals surface area (Å²) in [5, 5.41) is 1.12. The molecule has 0 radical (unpaired) electrons. The molecule has 0 aromatic heterocycles. The molecule has 1 unspecified atom stereocenters. The van der Waals surface area contributed by atoms with E-state index in [4.69, 9.17) is 33.7 Å². The minimum absolute atomic E-state index is 0.152. The van der Waals surface area contributed by atoms with Crippen LogP contribution in [0, 0.1) is 0 Å². The molecule has 0 spiro atoms. The summed E-state index contributed by atoms with van der Waals surface area (Å²) in [6, 6.07) is 1.58. The van der Waals surface area contributed by atoms with Gasteiger partial charge in [-0.3, -0.25) is 0 Å². The van der Waals surface area contributed by atoms with E-state index < -0.39 is 0 Å². The molecule has 16 heavy (non-hydrogen) atoms. The van der Waals surface area contributed by atoms with Gasteiger partial charge in [-0.25, -0.2) is 0 Å². The molecule has 2 rings (SSSR count). The van der Waals surface area contributed by atoms with E-state index in [1.807, 2.05) is 13.8 Å². The Labute approximate surface area is 113 Å². The Balaban J connectivity index is 2.64. The first-order valence-corrected chi connectivity index (χ1v) is 6.49. The minimum atomic E-state index is -0.312. The minimum Gasteiger partial charge on any atom is -0.486 e. The summed E-state index contributed by atoms with van der Waals surface area (Å²) >= 11 is 15.7. The van der Waals surface area contributed by atoms with Crippen molar-refractivity contribution < 1.29 is 4.74 Å². The molecule has 1 aliphatic rings. The number of benzene rings is 1. The van der Waals surface area contributed by atoms with Crippen LogP contribution in [0.25, 0.3) is 0 Å². The van der Waals surface area contributed by atoms with E-state index in [2.05, 4.69) is 15.9 Å². The van der Waals surface area contributed by atoms with E-state index in [0.29, 0.717) is 22.2 Å². The fourth-order valence-electron chi connectivity index (χ4n) is 1.98. The molecule has 2 nitrogen and oxygen atoms in total. The van der Waals surface area contributed by atoms with E-state index in [1.54, 1.807) is 6.07 Å². The van der Waals surface area contributed by atoms with Gasteiger partial charge in [0.25, 0.3) is 0 Å². The molecule has 0 fully saturated rings. The van der Waals surface area contributed by atoms with Crippen LogP contribution in [0.15, 0.2) is 10.5 Å². The molecule has 0 amide bonds. The summed E-state index contributed by atoms with van der Waals surface area (Å²) < 4.78 is 6.59. The second kappa shape index (κ2) is 4.05. The lowest BCUT2D eigenvalue weighted by molar-refractivity contribution is 0.0730. The number of ether oxygens (including phenoxy) is 1. The van der Waals surface area contributed by atoms with Crippen LogP contribution < -0.4 is 10.5 Å². The van der Waals surface area contributed by atoms with Gasteiger partial charge in [0.15, 0.2) is 0 Å². The monoisotopic (exact) mass is 323 g/mol. The highest BCUT2D eigenvalue weighted by Crippen LogP contribution is 2.48. The van der Waals surface area contributed by atoms with Crippen molar-refractivity contribution in [1.82, 2.24) is 0 Å². The van der Waals surface area contributed by atoms with Gasteiger partial charge in [-0.05, 0) is 35.8 Å². The fraction of sp³-hybridized carbons (Fsp3) is 0.455. The molecule has 0 aliphatic carbocycles. The SMILES string of the molecule is CC1(C)CC(N)c2c(Cl)c(Br)cc(Cl)c2O1. The summed E-state index contributed by atoms with van der Waals surface area (Å²) in [6.45, 7) is 3.98. The molecule has 0 saturated heterocycles. The maximum Gasteiger partial charge on any atom is 0.145 e. The first-order chi connectivity index (χ1) is 7.32. The Morgan fingerprint density at radius 2 is 2.12 bits per heavy atom.